The fourth-order valence-corrected chi connectivity index (χ4v) is 6.30. The number of phosphoric ester groups is 1. The molecule has 0 spiro atoms. The second kappa shape index (κ2) is 39.2. The summed E-state index contributed by atoms with van der Waals surface area (Å²) in [6, 6.07) is 0. The number of hydrogen-bond donors (Lipinski definition) is 3. The number of carbonyl (C=O) groups excluding carboxylic acids is 2. The summed E-state index contributed by atoms with van der Waals surface area (Å²) in [5.74, 6) is -0.971. The lowest BCUT2D eigenvalue weighted by molar-refractivity contribution is -0.161. The van der Waals surface area contributed by atoms with Gasteiger partial charge in [-0.3, -0.25) is 18.6 Å². The topological polar surface area (TPSA) is 149 Å². The Morgan fingerprint density at radius 3 is 1.54 bits per heavy atom. The summed E-state index contributed by atoms with van der Waals surface area (Å²) in [5.41, 5.74) is 0. The number of ether oxygens (including phenoxy) is 2. The molecule has 0 saturated carbocycles. The quantitative estimate of drug-likeness (QED) is 0.0238. The van der Waals surface area contributed by atoms with E-state index in [1.54, 1.807) is 0 Å². The first-order chi connectivity index (χ1) is 26.2. The van der Waals surface area contributed by atoms with Crippen LogP contribution in [-0.4, -0.2) is 65.7 Å². The van der Waals surface area contributed by atoms with Crippen molar-refractivity contribution in [2.24, 2.45) is 0 Å². The molecule has 0 aromatic carbocycles. The number of esters is 2. The van der Waals surface area contributed by atoms with Gasteiger partial charge in [-0.15, -0.1) is 0 Å². The summed E-state index contributed by atoms with van der Waals surface area (Å²) in [5, 5.41) is 18.3. The summed E-state index contributed by atoms with van der Waals surface area (Å²) in [6.45, 7) is 2.22. The molecule has 0 aliphatic carbocycles. The van der Waals surface area contributed by atoms with Crippen molar-refractivity contribution in [1.29, 1.82) is 0 Å². The second-order valence-electron chi connectivity index (χ2n) is 14.0. The molecule has 10 nitrogen and oxygen atoms in total. The summed E-state index contributed by atoms with van der Waals surface area (Å²) in [6.07, 6.45) is 40.8. The first kappa shape index (κ1) is 51.9. The minimum Gasteiger partial charge on any atom is -0.462 e. The molecule has 1 unspecified atom stereocenters. The fraction of sp³-hybridized carbons (Fsp3) is 0.767. The number of aliphatic hydroxyl groups excluding tert-OH is 2. The molecule has 0 bridgehead atoms. The molecular formula is C43H77O10P. The Bertz CT molecular complexity index is 1040. The van der Waals surface area contributed by atoms with Crippen molar-refractivity contribution >= 4 is 19.8 Å². The molecule has 0 fully saturated rings. The molecule has 3 atom stereocenters. The van der Waals surface area contributed by atoms with Gasteiger partial charge >= 0.3 is 19.8 Å². The van der Waals surface area contributed by atoms with Gasteiger partial charge in [-0.25, -0.2) is 4.57 Å². The molecule has 0 aliphatic heterocycles. The zero-order chi connectivity index (χ0) is 39.8. The molecule has 314 valence electrons. The number of phosphoric acid groups is 1. The van der Waals surface area contributed by atoms with E-state index in [1.165, 1.54) is 77.0 Å². The van der Waals surface area contributed by atoms with E-state index in [2.05, 4.69) is 67.0 Å². The monoisotopic (exact) mass is 785 g/mol. The normalized spacial score (nSPS) is 14.4. The lowest BCUT2D eigenvalue weighted by Gasteiger charge is -2.20. The van der Waals surface area contributed by atoms with Gasteiger partial charge in [-0.05, 0) is 51.4 Å². The molecule has 0 aromatic rings. The van der Waals surface area contributed by atoms with E-state index in [0.717, 1.165) is 57.8 Å². The summed E-state index contributed by atoms with van der Waals surface area (Å²) < 4.78 is 32.6. The third-order valence-corrected chi connectivity index (χ3v) is 9.70. The Balaban J connectivity index is 4.36. The van der Waals surface area contributed by atoms with Gasteiger partial charge in [0.1, 0.15) is 12.7 Å². The third kappa shape index (κ3) is 38.2. The molecule has 0 amide bonds. The van der Waals surface area contributed by atoms with Gasteiger partial charge in [-0.2, -0.15) is 0 Å². The standard InChI is InChI=1S/C43H77O10P/c1-3-5-7-9-11-13-15-17-19-21-23-25-27-29-31-33-35-43(47)53-41(39-52-54(48,49)51-37-40(45)36-44)38-50-42(46)34-32-30-28-26-24-22-20-18-16-14-12-10-8-6-4-2/h6,8,12,14,18,20,24,26,40-41,44-45H,3-5,7,9-11,13,15-17,19,21-23,25,27-39H2,1-2H3,(H,48,49)/b8-6+,14-12+,20-18+,26-24+/t40-,41+/m0/s1. The first-order valence-electron chi connectivity index (χ1n) is 21.1. The van der Waals surface area contributed by atoms with E-state index in [1.807, 2.05) is 0 Å². The van der Waals surface area contributed by atoms with E-state index in [-0.39, 0.29) is 19.4 Å². The summed E-state index contributed by atoms with van der Waals surface area (Å²) in [7, 11) is -4.62. The van der Waals surface area contributed by atoms with Gasteiger partial charge in [0.2, 0.25) is 0 Å². The van der Waals surface area contributed by atoms with E-state index in [9.17, 15) is 24.2 Å². The number of rotatable bonds is 39. The van der Waals surface area contributed by atoms with Crippen LogP contribution in [-0.2, 0) is 32.7 Å². The van der Waals surface area contributed by atoms with Crippen molar-refractivity contribution in [2.45, 2.75) is 187 Å². The Morgan fingerprint density at radius 2 is 1.02 bits per heavy atom. The van der Waals surface area contributed by atoms with E-state index in [0.29, 0.717) is 12.8 Å². The third-order valence-electron chi connectivity index (χ3n) is 8.75. The molecule has 54 heavy (non-hydrogen) atoms. The van der Waals surface area contributed by atoms with Crippen molar-refractivity contribution in [3.63, 3.8) is 0 Å². The van der Waals surface area contributed by atoms with Crippen LogP contribution in [0.3, 0.4) is 0 Å². The highest BCUT2D eigenvalue weighted by molar-refractivity contribution is 7.47. The van der Waals surface area contributed by atoms with Crippen LogP contribution in [0.25, 0.3) is 0 Å². The van der Waals surface area contributed by atoms with Crippen LogP contribution in [0, 0.1) is 0 Å². The molecule has 3 N–H and O–H groups in total. The van der Waals surface area contributed by atoms with E-state index >= 15 is 0 Å². The predicted octanol–water partition coefficient (Wildman–Crippen LogP) is 10.9. The number of unbranched alkanes of at least 4 members (excludes halogenated alkanes) is 17. The van der Waals surface area contributed by atoms with Crippen molar-refractivity contribution in [3.05, 3.63) is 48.6 Å². The molecule has 0 aromatic heterocycles. The highest BCUT2D eigenvalue weighted by Gasteiger charge is 2.27. The van der Waals surface area contributed by atoms with E-state index < -0.39 is 51.8 Å². The SMILES string of the molecule is CC/C=C/C/C=C/C/C=C/C/C=C/CCCCC(=O)OC[C@H](COP(=O)(O)OC[C@@H](O)CO)OC(=O)CCCCCCCCCCCCCCCCCC. The molecule has 0 saturated heterocycles. The maximum Gasteiger partial charge on any atom is 0.472 e. The number of aliphatic hydroxyl groups is 2. The highest BCUT2D eigenvalue weighted by Crippen LogP contribution is 2.43. The Kier molecular flexibility index (Phi) is 37.7. The smallest absolute Gasteiger partial charge is 0.462 e. The van der Waals surface area contributed by atoms with E-state index in [4.69, 9.17) is 19.1 Å². The summed E-state index contributed by atoms with van der Waals surface area (Å²) in [4.78, 5) is 34.9. The van der Waals surface area contributed by atoms with Crippen LogP contribution in [0.15, 0.2) is 48.6 Å². The zero-order valence-corrected chi connectivity index (χ0v) is 34.8. The van der Waals surface area contributed by atoms with Crippen LogP contribution in [0.4, 0.5) is 0 Å². The second-order valence-corrected chi connectivity index (χ2v) is 15.4. The molecule has 0 radical (unpaired) electrons. The van der Waals surface area contributed by atoms with Crippen LogP contribution in [0.1, 0.15) is 174 Å². The average Bonchev–Trinajstić information content (AvgIpc) is 3.16. The zero-order valence-electron chi connectivity index (χ0n) is 33.9. The lowest BCUT2D eigenvalue weighted by atomic mass is 10.0. The molecule has 0 aliphatic rings. The molecular weight excluding hydrogens is 707 g/mol. The van der Waals surface area contributed by atoms with Gasteiger partial charge < -0.3 is 24.6 Å². The van der Waals surface area contributed by atoms with Crippen LogP contribution in [0.5, 0.6) is 0 Å². The van der Waals surface area contributed by atoms with Gasteiger partial charge in [0.25, 0.3) is 0 Å². The van der Waals surface area contributed by atoms with Crippen molar-refractivity contribution < 1.29 is 47.8 Å². The van der Waals surface area contributed by atoms with Crippen LogP contribution < -0.4 is 0 Å². The molecule has 0 heterocycles. The van der Waals surface area contributed by atoms with Gasteiger partial charge in [0, 0.05) is 12.8 Å². The number of hydrogen-bond acceptors (Lipinski definition) is 9. The molecule has 11 heteroatoms. The average molecular weight is 785 g/mol. The largest absolute Gasteiger partial charge is 0.472 e. The minimum atomic E-state index is -4.62. The number of carbonyl (C=O) groups is 2. The van der Waals surface area contributed by atoms with Crippen molar-refractivity contribution in [3.8, 4) is 0 Å². The fourth-order valence-electron chi connectivity index (χ4n) is 5.51. The van der Waals surface area contributed by atoms with Gasteiger partial charge in [0.05, 0.1) is 19.8 Å². The predicted molar refractivity (Wildman–Crippen MR) is 219 cm³/mol. The summed E-state index contributed by atoms with van der Waals surface area (Å²) >= 11 is 0. The highest BCUT2D eigenvalue weighted by atomic mass is 31.2. The molecule has 0 rings (SSSR count). The minimum absolute atomic E-state index is 0.177. The Labute approximate surface area is 328 Å². The Hall–Kier alpha value is -2.07. The lowest BCUT2D eigenvalue weighted by Crippen LogP contribution is -2.29. The van der Waals surface area contributed by atoms with Gasteiger partial charge in [0.15, 0.2) is 6.10 Å². The maximum atomic E-state index is 12.6. The van der Waals surface area contributed by atoms with Gasteiger partial charge in [-0.1, -0.05) is 159 Å². The van der Waals surface area contributed by atoms with Crippen molar-refractivity contribution in [2.75, 3.05) is 26.4 Å². The Morgan fingerprint density at radius 1 is 0.574 bits per heavy atom. The van der Waals surface area contributed by atoms with Crippen molar-refractivity contribution in [1.82, 2.24) is 0 Å². The maximum absolute atomic E-state index is 12.6. The van der Waals surface area contributed by atoms with Crippen LogP contribution in [0.2, 0.25) is 0 Å². The van der Waals surface area contributed by atoms with Crippen LogP contribution >= 0.6 is 7.82 Å². The first-order valence-corrected chi connectivity index (χ1v) is 22.6. The number of allylic oxidation sites excluding steroid dienone is 8.